The van der Waals surface area contributed by atoms with Gasteiger partial charge in [0.1, 0.15) is 6.33 Å². The number of hydrogen-bond donors (Lipinski definition) is 0. The highest BCUT2D eigenvalue weighted by molar-refractivity contribution is 6.30. The van der Waals surface area contributed by atoms with Crippen LogP contribution in [-0.2, 0) is 0 Å². The van der Waals surface area contributed by atoms with E-state index in [4.69, 9.17) is 25.8 Å². The molecule has 1 aliphatic heterocycles. The van der Waals surface area contributed by atoms with E-state index in [9.17, 15) is 4.79 Å². The molecular weight excluding hydrogens is 486 g/mol. The summed E-state index contributed by atoms with van der Waals surface area (Å²) in [5.74, 6) is 1.88. The number of anilines is 1. The van der Waals surface area contributed by atoms with Gasteiger partial charge in [-0.05, 0) is 36.4 Å². The summed E-state index contributed by atoms with van der Waals surface area (Å²) >= 11 is 6.01. The summed E-state index contributed by atoms with van der Waals surface area (Å²) in [4.78, 5) is 26.0. The van der Waals surface area contributed by atoms with Gasteiger partial charge < -0.3 is 24.0 Å². The lowest BCUT2D eigenvalue weighted by Gasteiger charge is -2.35. The summed E-state index contributed by atoms with van der Waals surface area (Å²) in [6.07, 6.45) is 1.50. The number of methoxy groups -OCH3 is 3. The maximum atomic E-state index is 13.3. The first-order valence-corrected chi connectivity index (χ1v) is 11.6. The highest BCUT2D eigenvalue weighted by Crippen LogP contribution is 2.38. The third-order valence-electron chi connectivity index (χ3n) is 6.07. The zero-order valence-electron chi connectivity index (χ0n) is 20.0. The largest absolute Gasteiger partial charge is 0.493 e. The van der Waals surface area contributed by atoms with E-state index in [1.165, 1.54) is 27.7 Å². The number of benzene rings is 2. The van der Waals surface area contributed by atoms with Crippen LogP contribution in [0.5, 0.6) is 17.2 Å². The van der Waals surface area contributed by atoms with Crippen molar-refractivity contribution in [2.75, 3.05) is 52.4 Å². The highest BCUT2D eigenvalue weighted by Gasteiger charge is 2.27. The van der Waals surface area contributed by atoms with Crippen LogP contribution in [0.3, 0.4) is 0 Å². The van der Waals surface area contributed by atoms with Gasteiger partial charge in [-0.15, -0.1) is 5.10 Å². The van der Waals surface area contributed by atoms with Crippen molar-refractivity contribution in [2.24, 2.45) is 0 Å². The monoisotopic (exact) mass is 509 g/mol. The Morgan fingerprint density at radius 3 is 2.19 bits per heavy atom. The molecule has 0 atom stereocenters. The number of hydrogen-bond acceptors (Lipinski definition) is 9. The first-order valence-electron chi connectivity index (χ1n) is 11.2. The minimum absolute atomic E-state index is 0.115. The first kappa shape index (κ1) is 23.6. The molecule has 12 heteroatoms. The number of aromatic nitrogens is 5. The molecule has 1 amide bonds. The molecule has 0 unspecified atom stereocenters. The molecule has 2 aromatic carbocycles. The molecule has 36 heavy (non-hydrogen) atoms. The smallest absolute Gasteiger partial charge is 0.254 e. The van der Waals surface area contributed by atoms with Crippen LogP contribution in [0, 0.1) is 0 Å². The molecule has 1 fully saturated rings. The second-order valence-electron chi connectivity index (χ2n) is 8.04. The number of halogens is 1. The molecule has 2 aromatic heterocycles. The highest BCUT2D eigenvalue weighted by atomic mass is 35.5. The van der Waals surface area contributed by atoms with Gasteiger partial charge in [-0.1, -0.05) is 16.8 Å². The number of ether oxygens (including phenoxy) is 3. The normalized spacial score (nSPS) is 13.7. The van der Waals surface area contributed by atoms with Gasteiger partial charge >= 0.3 is 0 Å². The molecule has 1 saturated heterocycles. The van der Waals surface area contributed by atoms with E-state index in [0.29, 0.717) is 71.0 Å². The summed E-state index contributed by atoms with van der Waals surface area (Å²) in [7, 11) is 4.57. The molecule has 3 heterocycles. The fraction of sp³-hybridized carbons (Fsp3) is 0.292. The Bertz CT molecular complexity index is 1380. The van der Waals surface area contributed by atoms with Gasteiger partial charge in [-0.25, -0.2) is 9.97 Å². The molecule has 0 aliphatic carbocycles. The Kier molecular flexibility index (Phi) is 6.47. The van der Waals surface area contributed by atoms with Crippen LogP contribution in [0.1, 0.15) is 10.4 Å². The van der Waals surface area contributed by atoms with Crippen molar-refractivity contribution in [1.29, 1.82) is 0 Å². The van der Waals surface area contributed by atoms with E-state index >= 15 is 0 Å². The fourth-order valence-electron chi connectivity index (χ4n) is 4.23. The van der Waals surface area contributed by atoms with Gasteiger partial charge in [-0.2, -0.15) is 4.68 Å². The molecule has 0 N–H and O–H groups in total. The molecular formula is C24H24ClN7O4. The molecule has 4 aromatic rings. The van der Waals surface area contributed by atoms with Crippen LogP contribution in [0.15, 0.2) is 42.7 Å². The molecule has 0 radical (unpaired) electrons. The van der Waals surface area contributed by atoms with E-state index in [1.54, 1.807) is 33.8 Å². The molecule has 186 valence electrons. The van der Waals surface area contributed by atoms with Crippen LogP contribution in [-0.4, -0.2) is 83.3 Å². The Morgan fingerprint density at radius 2 is 1.58 bits per heavy atom. The SMILES string of the molecule is COc1cc(C(=O)N2CCN(c3ncnc4c3nnn4-c3ccc(Cl)cc3)CC2)cc(OC)c1OC. The number of carbonyl (C=O) groups excluding carboxylic acids is 1. The minimum atomic E-state index is -0.115. The van der Waals surface area contributed by atoms with Gasteiger partial charge in [0, 0.05) is 36.8 Å². The molecule has 0 spiro atoms. The third kappa shape index (κ3) is 4.22. The maximum Gasteiger partial charge on any atom is 0.254 e. The van der Waals surface area contributed by atoms with Crippen molar-refractivity contribution >= 4 is 34.5 Å². The predicted octanol–water partition coefficient (Wildman–Crippen LogP) is 2.85. The zero-order valence-corrected chi connectivity index (χ0v) is 20.8. The topological polar surface area (TPSA) is 108 Å². The average molecular weight is 510 g/mol. The summed E-state index contributed by atoms with van der Waals surface area (Å²) in [6.45, 7) is 2.17. The van der Waals surface area contributed by atoms with E-state index in [1.807, 2.05) is 12.1 Å². The van der Waals surface area contributed by atoms with Crippen molar-refractivity contribution in [3.63, 3.8) is 0 Å². The zero-order chi connectivity index (χ0) is 25.2. The second kappa shape index (κ2) is 9.86. The summed E-state index contributed by atoms with van der Waals surface area (Å²) in [5, 5.41) is 9.25. The first-order chi connectivity index (χ1) is 17.5. The van der Waals surface area contributed by atoms with Crippen molar-refractivity contribution < 1.29 is 19.0 Å². The van der Waals surface area contributed by atoms with Gasteiger partial charge in [0.15, 0.2) is 28.5 Å². The van der Waals surface area contributed by atoms with Crippen molar-refractivity contribution in [2.45, 2.75) is 0 Å². The third-order valence-corrected chi connectivity index (χ3v) is 6.32. The number of nitrogens with zero attached hydrogens (tertiary/aromatic N) is 7. The summed E-state index contributed by atoms with van der Waals surface area (Å²) < 4.78 is 17.8. The predicted molar refractivity (Wildman–Crippen MR) is 134 cm³/mol. The number of rotatable bonds is 6. The van der Waals surface area contributed by atoms with Gasteiger partial charge in [0.25, 0.3) is 5.91 Å². The molecule has 0 bridgehead atoms. The van der Waals surface area contributed by atoms with Gasteiger partial charge in [0.2, 0.25) is 5.75 Å². The average Bonchev–Trinajstić information content (AvgIpc) is 3.36. The van der Waals surface area contributed by atoms with Gasteiger partial charge in [0.05, 0.1) is 27.0 Å². The van der Waals surface area contributed by atoms with Crippen LogP contribution < -0.4 is 19.1 Å². The van der Waals surface area contributed by atoms with E-state index < -0.39 is 0 Å². The number of piperazine rings is 1. The Labute approximate surface area is 212 Å². The number of amides is 1. The minimum Gasteiger partial charge on any atom is -0.493 e. The fourth-order valence-corrected chi connectivity index (χ4v) is 4.36. The maximum absolute atomic E-state index is 13.3. The van der Waals surface area contributed by atoms with E-state index in [-0.39, 0.29) is 5.91 Å². The van der Waals surface area contributed by atoms with Crippen LogP contribution in [0.2, 0.25) is 5.02 Å². The molecule has 5 rings (SSSR count). The quantitative estimate of drug-likeness (QED) is 0.387. The summed E-state index contributed by atoms with van der Waals surface area (Å²) in [5.41, 5.74) is 2.45. The van der Waals surface area contributed by atoms with Crippen molar-refractivity contribution in [3.05, 3.63) is 53.3 Å². The Morgan fingerprint density at radius 1 is 0.917 bits per heavy atom. The second-order valence-corrected chi connectivity index (χ2v) is 8.48. The molecule has 1 aliphatic rings. The number of carbonyl (C=O) groups is 1. The van der Waals surface area contributed by atoms with E-state index in [0.717, 1.165) is 5.69 Å². The van der Waals surface area contributed by atoms with Crippen molar-refractivity contribution in [1.82, 2.24) is 29.9 Å². The lowest BCUT2D eigenvalue weighted by atomic mass is 10.1. The Balaban J connectivity index is 1.35. The van der Waals surface area contributed by atoms with Crippen LogP contribution >= 0.6 is 11.6 Å². The molecule has 0 saturated carbocycles. The Hall–Kier alpha value is -4.12. The van der Waals surface area contributed by atoms with Gasteiger partial charge in [-0.3, -0.25) is 4.79 Å². The summed E-state index contributed by atoms with van der Waals surface area (Å²) in [6, 6.07) is 10.6. The van der Waals surface area contributed by atoms with Crippen molar-refractivity contribution in [3.8, 4) is 22.9 Å². The number of fused-ring (bicyclic) bond motifs is 1. The lowest BCUT2D eigenvalue weighted by Crippen LogP contribution is -2.49. The van der Waals surface area contributed by atoms with E-state index in [2.05, 4.69) is 25.2 Å². The van der Waals surface area contributed by atoms with Crippen LogP contribution in [0.25, 0.3) is 16.9 Å². The van der Waals surface area contributed by atoms with Crippen LogP contribution in [0.4, 0.5) is 5.82 Å². The lowest BCUT2D eigenvalue weighted by molar-refractivity contribution is 0.0745. The standard InChI is InChI=1S/C24H24ClN7O4/c1-34-18-12-15(13-19(35-2)21(18)36-3)24(33)31-10-8-30(9-11-31)22-20-23(27-14-26-22)32(29-28-20)17-6-4-16(25)5-7-17/h4-7,12-14H,8-11H2,1-3H3. The molecule has 11 nitrogen and oxygen atoms in total.